The molecule has 1 aliphatic heterocycles. The molecule has 4 aromatic rings. The van der Waals surface area contributed by atoms with Gasteiger partial charge >= 0.3 is 0 Å². The summed E-state index contributed by atoms with van der Waals surface area (Å²) in [7, 11) is 1.48. The van der Waals surface area contributed by atoms with Crippen molar-refractivity contribution in [3.05, 3.63) is 93.8 Å². The number of nitrogens with two attached hydrogens (primary N) is 3. The fourth-order valence-electron chi connectivity index (χ4n) is 8.68. The van der Waals surface area contributed by atoms with E-state index in [-0.39, 0.29) is 81.0 Å². The number of rotatable bonds is 17. The third-order valence-corrected chi connectivity index (χ3v) is 12.4. The van der Waals surface area contributed by atoms with E-state index in [0.29, 0.717) is 75.7 Å². The van der Waals surface area contributed by atoms with Crippen LogP contribution in [0, 0.1) is 37.0 Å². The minimum absolute atomic E-state index is 0.0369. The van der Waals surface area contributed by atoms with Gasteiger partial charge in [0.1, 0.15) is 24.1 Å². The fourth-order valence-corrected chi connectivity index (χ4v) is 8.68. The summed E-state index contributed by atoms with van der Waals surface area (Å²) in [5.41, 5.74) is 23.2. The van der Waals surface area contributed by atoms with Crippen molar-refractivity contribution in [3.8, 4) is 40.1 Å². The molecule has 67 heavy (non-hydrogen) atoms. The first-order valence-electron chi connectivity index (χ1n) is 23.0. The number of ether oxygens (including phenoxy) is 1. The van der Waals surface area contributed by atoms with Gasteiger partial charge in [0.05, 0.1) is 29.1 Å². The highest BCUT2D eigenvalue weighted by Crippen LogP contribution is 2.43. The molecule has 0 spiro atoms. The molecule has 2 amide bonds. The molecule has 1 aromatic heterocycles. The van der Waals surface area contributed by atoms with E-state index in [1.165, 1.54) is 11.9 Å². The lowest BCUT2D eigenvalue weighted by Crippen LogP contribution is -2.46. The normalized spacial score (nSPS) is 16.9. The first-order valence-corrected chi connectivity index (χ1v) is 23.0. The van der Waals surface area contributed by atoms with Crippen molar-refractivity contribution in [1.82, 2.24) is 20.2 Å². The van der Waals surface area contributed by atoms with Crippen molar-refractivity contribution >= 4 is 29.2 Å². The minimum atomic E-state index is -1.31. The van der Waals surface area contributed by atoms with Gasteiger partial charge in [-0.2, -0.15) is 5.26 Å². The summed E-state index contributed by atoms with van der Waals surface area (Å²) in [6.45, 7) is 12.1. The van der Waals surface area contributed by atoms with Crippen molar-refractivity contribution in [2.45, 2.75) is 110 Å². The van der Waals surface area contributed by atoms with Crippen LogP contribution >= 0.6 is 0 Å². The van der Waals surface area contributed by atoms with Gasteiger partial charge in [-0.25, -0.2) is 9.97 Å². The molecule has 4 bridgehead atoms. The summed E-state index contributed by atoms with van der Waals surface area (Å²) in [4.78, 5) is 82.2. The van der Waals surface area contributed by atoms with E-state index in [2.05, 4.69) is 26.1 Å². The predicted molar refractivity (Wildman–Crippen MR) is 257 cm³/mol. The highest BCUT2D eigenvalue weighted by atomic mass is 16.5. The fraction of sp³-hybridized carbons (Fsp3) is 0.462. The van der Waals surface area contributed by atoms with E-state index in [1.807, 2.05) is 30.3 Å². The Hall–Kier alpha value is -6.34. The molecule has 5 rings (SSSR count). The van der Waals surface area contributed by atoms with Crippen LogP contribution in [-0.2, 0) is 37.4 Å². The number of hydrogen-bond acceptors (Lipinski definition) is 13. The molecule has 0 unspecified atom stereocenters. The Morgan fingerprint density at radius 1 is 0.955 bits per heavy atom. The van der Waals surface area contributed by atoms with Crippen LogP contribution in [0.1, 0.15) is 116 Å². The Morgan fingerprint density at radius 3 is 2.25 bits per heavy atom. The van der Waals surface area contributed by atoms with Gasteiger partial charge < -0.3 is 37.3 Å². The topological polar surface area (TPSA) is 258 Å². The summed E-state index contributed by atoms with van der Waals surface area (Å²) in [5.74, 6) is -3.47. The van der Waals surface area contributed by atoms with Gasteiger partial charge in [0.25, 0.3) is 0 Å². The molecular formula is C52H66N8O7. The maximum atomic E-state index is 14.9. The molecule has 15 heteroatoms. The van der Waals surface area contributed by atoms with E-state index < -0.39 is 41.5 Å². The van der Waals surface area contributed by atoms with Gasteiger partial charge in [-0.3, -0.25) is 24.0 Å². The number of Topliss-reactive ketones (excluding diaryl/α,β-unsaturated/α-hetero) is 3. The second-order valence-electron chi connectivity index (χ2n) is 18.6. The molecule has 8 N–H and O–H groups in total. The monoisotopic (exact) mass is 915 g/mol. The van der Waals surface area contributed by atoms with Crippen LogP contribution in [0.4, 0.5) is 0 Å². The zero-order valence-corrected chi connectivity index (χ0v) is 39.9. The van der Waals surface area contributed by atoms with E-state index in [1.54, 1.807) is 51.1 Å². The number of amides is 2. The number of likely N-dealkylation sites (N-methyl/N-ethyl adjacent to an activating group) is 1. The zero-order valence-electron chi connectivity index (χ0n) is 39.9. The van der Waals surface area contributed by atoms with Crippen LogP contribution < -0.4 is 27.3 Å². The number of aryl methyl sites for hydroxylation is 3. The van der Waals surface area contributed by atoms with E-state index in [4.69, 9.17) is 31.9 Å². The zero-order chi connectivity index (χ0) is 49.2. The van der Waals surface area contributed by atoms with Crippen LogP contribution in [0.5, 0.6) is 11.5 Å². The number of hydrogen-bond donors (Lipinski definition) is 5. The van der Waals surface area contributed by atoms with Crippen LogP contribution in [0.25, 0.3) is 22.5 Å². The smallest absolute Gasteiger partial charge is 0.226 e. The third-order valence-electron chi connectivity index (χ3n) is 12.4. The molecule has 4 atom stereocenters. The molecule has 2 heterocycles. The first-order chi connectivity index (χ1) is 31.8. The molecule has 0 saturated heterocycles. The third kappa shape index (κ3) is 12.6. The predicted octanol–water partition coefficient (Wildman–Crippen LogP) is 5.91. The molecule has 3 aromatic carbocycles. The van der Waals surface area contributed by atoms with Gasteiger partial charge in [-0.15, -0.1) is 0 Å². The highest BCUT2D eigenvalue weighted by molar-refractivity contribution is 6.01. The molecule has 0 saturated carbocycles. The number of ketones is 3. The van der Waals surface area contributed by atoms with Gasteiger partial charge in [-0.1, -0.05) is 58.0 Å². The van der Waals surface area contributed by atoms with E-state index in [0.717, 1.165) is 11.1 Å². The van der Waals surface area contributed by atoms with Crippen LogP contribution in [0.2, 0.25) is 0 Å². The second kappa shape index (κ2) is 22.9. The van der Waals surface area contributed by atoms with Crippen molar-refractivity contribution in [2.75, 3.05) is 33.3 Å². The summed E-state index contributed by atoms with van der Waals surface area (Å²) in [6.07, 6.45) is 0.250. The molecule has 0 aliphatic carbocycles. The van der Waals surface area contributed by atoms with Crippen molar-refractivity contribution < 1.29 is 33.8 Å². The van der Waals surface area contributed by atoms with Crippen molar-refractivity contribution in [1.29, 1.82) is 5.26 Å². The average Bonchev–Trinajstić information content (AvgIpc) is 3.28. The number of benzene rings is 3. The van der Waals surface area contributed by atoms with E-state index in [9.17, 15) is 34.3 Å². The highest BCUT2D eigenvalue weighted by Gasteiger charge is 2.37. The number of nitrogens with zero attached hydrogens (tertiary/aromatic N) is 4. The van der Waals surface area contributed by atoms with Gasteiger partial charge in [-0.05, 0) is 105 Å². The van der Waals surface area contributed by atoms with Gasteiger partial charge in [0.2, 0.25) is 11.8 Å². The number of fused-ring (bicyclic) bond motifs is 5. The number of nitrogens with one attached hydrogen (secondary N) is 1. The van der Waals surface area contributed by atoms with Crippen LogP contribution in [-0.4, -0.2) is 88.5 Å². The number of phenolic OH excluding ortho intramolecular Hbond substituents is 1. The second-order valence-corrected chi connectivity index (χ2v) is 18.6. The Kier molecular flexibility index (Phi) is 17.7. The largest absolute Gasteiger partial charge is 0.507 e. The Balaban J connectivity index is 1.60. The standard InChI is InChI=1S/C52H66N8O7/c1-30-24-44(63)47(60(7)51(66)36(18-21-55)29-43(62)46-31(2)57-49(58-32(46)3)34-13-15-38(16-14-34)52(4,5)6)37-27-35(10-8-19-53)48(64)40(28-37)39-25-33(12-17-45(39)67-23-22-56)26-41(59-50(30)65)42(61)11-9-20-54/h12-17,25,27-28,30,36,41,47,64H,8-11,18-19,21-24,26,29,53,55-56H2,1-7H3,(H,59,65)/t30-,36-,41+,47+/m1/s1. The number of nitriles is 1. The number of carbonyl (C=O) groups excluding carboxylic acids is 5. The lowest BCUT2D eigenvalue weighted by atomic mass is 9.86. The Morgan fingerprint density at radius 2 is 1.64 bits per heavy atom. The lowest BCUT2D eigenvalue weighted by Gasteiger charge is -2.32. The average molecular weight is 915 g/mol. The first kappa shape index (κ1) is 51.6. The van der Waals surface area contributed by atoms with Crippen LogP contribution in [0.15, 0.2) is 54.6 Å². The quantitative estimate of drug-likeness (QED) is 0.0774. The SMILES string of the molecule is Cc1nc(-c2ccc(C(C)(C)C)cc2)nc(C)c1C(=O)C[C@@H](CCN)C(=O)N(C)[C@@H]1C(=O)C[C@@H](C)C(=O)N[C@H](C(=O)CCC#N)Cc2ccc(OCCN)c(c2)-c2cc1cc(CCCN)c2O. The minimum Gasteiger partial charge on any atom is -0.507 e. The van der Waals surface area contributed by atoms with E-state index >= 15 is 0 Å². The Labute approximate surface area is 393 Å². The summed E-state index contributed by atoms with van der Waals surface area (Å²) >= 11 is 0. The number of aromatic nitrogens is 2. The molecule has 0 fully saturated rings. The lowest BCUT2D eigenvalue weighted by molar-refractivity contribution is -0.142. The summed E-state index contributed by atoms with van der Waals surface area (Å²) in [5, 5.41) is 24.1. The maximum Gasteiger partial charge on any atom is 0.226 e. The number of carbonyl (C=O) groups is 5. The molecule has 0 radical (unpaired) electrons. The molecule has 356 valence electrons. The number of aromatic hydroxyl groups is 1. The molecule has 1 aliphatic rings. The van der Waals surface area contributed by atoms with Crippen molar-refractivity contribution in [3.63, 3.8) is 0 Å². The van der Waals surface area contributed by atoms with Crippen molar-refractivity contribution in [2.24, 2.45) is 29.0 Å². The number of phenols is 1. The van der Waals surface area contributed by atoms with Crippen LogP contribution in [0.3, 0.4) is 0 Å². The Bertz CT molecular complexity index is 2490. The molecular weight excluding hydrogens is 849 g/mol. The molecule has 15 nitrogen and oxygen atoms in total. The maximum absolute atomic E-state index is 14.9. The van der Waals surface area contributed by atoms with Gasteiger partial charge in [0, 0.05) is 67.8 Å². The summed E-state index contributed by atoms with van der Waals surface area (Å²) in [6, 6.07) is 16.2. The van der Waals surface area contributed by atoms with Gasteiger partial charge in [0.15, 0.2) is 23.2 Å². The summed E-state index contributed by atoms with van der Waals surface area (Å²) < 4.78 is 6.08.